The molecule has 3 atom stereocenters. The molecular formula is C41H77O10P. The number of ether oxygens (including phenoxy) is 2. The lowest BCUT2D eigenvalue weighted by Gasteiger charge is -2.20. The minimum Gasteiger partial charge on any atom is -0.462 e. The third-order valence-electron chi connectivity index (χ3n) is 8.83. The third kappa shape index (κ3) is 36.8. The molecule has 0 aromatic rings. The Morgan fingerprint density at radius 2 is 0.942 bits per heavy atom. The average molecular weight is 761 g/mol. The van der Waals surface area contributed by atoms with Crippen LogP contribution in [0.3, 0.4) is 0 Å². The molecule has 0 aromatic heterocycles. The Kier molecular flexibility index (Phi) is 36.6. The molecule has 0 rings (SSSR count). The van der Waals surface area contributed by atoms with E-state index in [-0.39, 0.29) is 19.4 Å². The highest BCUT2D eigenvalue weighted by atomic mass is 31.2. The van der Waals surface area contributed by atoms with Crippen LogP contribution in [0.15, 0.2) is 24.3 Å². The van der Waals surface area contributed by atoms with E-state index in [1.54, 1.807) is 0 Å². The number of carbonyl (C=O) groups is 2. The van der Waals surface area contributed by atoms with Crippen molar-refractivity contribution in [3.8, 4) is 0 Å². The summed E-state index contributed by atoms with van der Waals surface area (Å²) in [7, 11) is -4.62. The van der Waals surface area contributed by atoms with Crippen molar-refractivity contribution in [3.05, 3.63) is 24.3 Å². The Morgan fingerprint density at radius 3 is 1.40 bits per heavy atom. The molecule has 0 aliphatic rings. The van der Waals surface area contributed by atoms with Crippen LogP contribution in [0, 0.1) is 0 Å². The van der Waals surface area contributed by atoms with Crippen LogP contribution < -0.4 is 0 Å². The highest BCUT2D eigenvalue weighted by Gasteiger charge is 2.27. The Bertz CT molecular complexity index is 925. The van der Waals surface area contributed by atoms with Gasteiger partial charge in [0.15, 0.2) is 6.10 Å². The molecule has 3 N–H and O–H groups in total. The van der Waals surface area contributed by atoms with E-state index >= 15 is 0 Å². The Labute approximate surface area is 317 Å². The Balaban J connectivity index is 4.35. The largest absolute Gasteiger partial charge is 0.472 e. The zero-order valence-electron chi connectivity index (χ0n) is 33.0. The summed E-state index contributed by atoms with van der Waals surface area (Å²) in [6.07, 6.45) is 35.7. The van der Waals surface area contributed by atoms with Gasteiger partial charge < -0.3 is 24.6 Å². The molecule has 10 nitrogen and oxygen atoms in total. The third-order valence-corrected chi connectivity index (χ3v) is 9.78. The topological polar surface area (TPSA) is 149 Å². The summed E-state index contributed by atoms with van der Waals surface area (Å²) in [5.41, 5.74) is 0. The maximum Gasteiger partial charge on any atom is 0.472 e. The smallest absolute Gasteiger partial charge is 0.462 e. The fourth-order valence-corrected chi connectivity index (χ4v) is 6.36. The minimum atomic E-state index is -4.62. The van der Waals surface area contributed by atoms with Gasteiger partial charge in [-0.2, -0.15) is 0 Å². The summed E-state index contributed by atoms with van der Waals surface area (Å²) >= 11 is 0. The first kappa shape index (κ1) is 50.5. The van der Waals surface area contributed by atoms with Crippen LogP contribution in [0.5, 0.6) is 0 Å². The van der Waals surface area contributed by atoms with E-state index in [0.29, 0.717) is 12.8 Å². The first-order chi connectivity index (χ1) is 25.2. The van der Waals surface area contributed by atoms with Crippen molar-refractivity contribution in [1.29, 1.82) is 0 Å². The van der Waals surface area contributed by atoms with Gasteiger partial charge in [-0.25, -0.2) is 4.57 Å². The molecule has 306 valence electrons. The molecule has 52 heavy (non-hydrogen) atoms. The van der Waals surface area contributed by atoms with Crippen molar-refractivity contribution in [1.82, 2.24) is 0 Å². The molecule has 1 unspecified atom stereocenters. The second-order valence-electron chi connectivity index (χ2n) is 14.0. The SMILES string of the molecule is CCCCCCC/C=C/CCCCCCCC(=O)O[C@H](COC(=O)CCCCC/C=C/CCCCCCCCCC)COP(=O)(O)OC[C@@H](O)CO. The maximum atomic E-state index is 12.6. The summed E-state index contributed by atoms with van der Waals surface area (Å²) in [5, 5.41) is 18.3. The summed E-state index contributed by atoms with van der Waals surface area (Å²) in [5.74, 6) is -0.950. The molecule has 0 heterocycles. The molecule has 0 saturated carbocycles. The van der Waals surface area contributed by atoms with Gasteiger partial charge in [-0.15, -0.1) is 0 Å². The number of phosphoric ester groups is 1. The predicted molar refractivity (Wildman–Crippen MR) is 210 cm³/mol. The van der Waals surface area contributed by atoms with Crippen LogP contribution in [-0.2, 0) is 32.7 Å². The van der Waals surface area contributed by atoms with E-state index < -0.39 is 51.8 Å². The number of aliphatic hydroxyl groups excluding tert-OH is 2. The molecule has 0 bridgehead atoms. The number of phosphoric acid groups is 1. The minimum absolute atomic E-state index is 0.173. The van der Waals surface area contributed by atoms with E-state index in [9.17, 15) is 24.2 Å². The van der Waals surface area contributed by atoms with Crippen LogP contribution in [-0.4, -0.2) is 65.7 Å². The average Bonchev–Trinajstić information content (AvgIpc) is 3.13. The molecule has 0 aliphatic carbocycles. The zero-order chi connectivity index (χ0) is 38.4. The number of rotatable bonds is 39. The number of allylic oxidation sites excluding steroid dienone is 4. The number of aliphatic hydroxyl groups is 2. The van der Waals surface area contributed by atoms with Gasteiger partial charge in [-0.3, -0.25) is 18.6 Å². The van der Waals surface area contributed by atoms with Crippen molar-refractivity contribution in [3.63, 3.8) is 0 Å². The lowest BCUT2D eigenvalue weighted by molar-refractivity contribution is -0.161. The van der Waals surface area contributed by atoms with Gasteiger partial charge in [0.25, 0.3) is 0 Å². The molecule has 0 fully saturated rings. The van der Waals surface area contributed by atoms with Gasteiger partial charge in [-0.1, -0.05) is 134 Å². The highest BCUT2D eigenvalue weighted by molar-refractivity contribution is 7.47. The number of carbonyl (C=O) groups excluding carboxylic acids is 2. The monoisotopic (exact) mass is 761 g/mol. The lowest BCUT2D eigenvalue weighted by atomic mass is 10.1. The van der Waals surface area contributed by atoms with Gasteiger partial charge in [-0.05, 0) is 64.2 Å². The van der Waals surface area contributed by atoms with E-state index in [1.807, 2.05) is 0 Å². The molecule has 11 heteroatoms. The standard InChI is InChI=1S/C41H77O10P/c1-3-5-7-9-11-13-15-17-19-21-22-24-26-28-30-32-40(44)48-36-39(37-50-52(46,47)49-35-38(43)34-42)51-41(45)33-31-29-27-25-23-20-18-16-14-12-10-8-6-4-2/h16,18,21-22,38-39,42-43H,3-15,17,19-20,23-37H2,1-2H3,(H,46,47)/b18-16+,22-21+/t38-,39+/m0/s1. The van der Waals surface area contributed by atoms with Crippen LogP contribution >= 0.6 is 7.82 Å². The van der Waals surface area contributed by atoms with Crippen molar-refractivity contribution in [2.75, 3.05) is 26.4 Å². The molecule has 0 radical (unpaired) electrons. The number of esters is 2. The number of hydrogen-bond donors (Lipinski definition) is 3. The summed E-state index contributed by atoms with van der Waals surface area (Å²) < 4.78 is 32.6. The van der Waals surface area contributed by atoms with Crippen LogP contribution in [0.25, 0.3) is 0 Å². The summed E-state index contributed by atoms with van der Waals surface area (Å²) in [6, 6.07) is 0. The normalized spacial score (nSPS) is 14.2. The summed E-state index contributed by atoms with van der Waals surface area (Å²) in [6.45, 7) is 2.34. The van der Waals surface area contributed by atoms with Gasteiger partial charge in [0.2, 0.25) is 0 Å². The number of unbranched alkanes of at least 4 members (excludes halogenated alkanes) is 21. The van der Waals surface area contributed by atoms with E-state index in [2.05, 4.69) is 42.7 Å². The first-order valence-corrected chi connectivity index (χ1v) is 22.3. The van der Waals surface area contributed by atoms with Crippen LogP contribution in [0.2, 0.25) is 0 Å². The van der Waals surface area contributed by atoms with Gasteiger partial charge in [0, 0.05) is 12.8 Å². The molecule has 0 spiro atoms. The van der Waals surface area contributed by atoms with Crippen molar-refractivity contribution < 1.29 is 47.8 Å². The quantitative estimate of drug-likeness (QED) is 0.0239. The van der Waals surface area contributed by atoms with E-state index in [1.165, 1.54) is 83.5 Å². The number of hydrogen-bond acceptors (Lipinski definition) is 9. The Hall–Kier alpha value is -1.55. The molecule has 0 amide bonds. The fourth-order valence-electron chi connectivity index (χ4n) is 5.57. The maximum absolute atomic E-state index is 12.6. The Morgan fingerprint density at radius 1 is 0.558 bits per heavy atom. The second kappa shape index (κ2) is 37.8. The predicted octanol–water partition coefficient (Wildman–Crippen LogP) is 10.6. The molecule has 0 saturated heterocycles. The van der Waals surface area contributed by atoms with Crippen LogP contribution in [0.1, 0.15) is 187 Å². The van der Waals surface area contributed by atoms with Gasteiger partial charge in [0.1, 0.15) is 12.7 Å². The van der Waals surface area contributed by atoms with Gasteiger partial charge >= 0.3 is 19.8 Å². The molecule has 0 aliphatic heterocycles. The van der Waals surface area contributed by atoms with Crippen molar-refractivity contribution in [2.24, 2.45) is 0 Å². The van der Waals surface area contributed by atoms with E-state index in [4.69, 9.17) is 19.1 Å². The molecule has 0 aromatic carbocycles. The second-order valence-corrected chi connectivity index (χ2v) is 15.5. The molecular weight excluding hydrogens is 683 g/mol. The van der Waals surface area contributed by atoms with Crippen molar-refractivity contribution >= 4 is 19.8 Å². The fraction of sp³-hybridized carbons (Fsp3) is 0.854. The van der Waals surface area contributed by atoms with Gasteiger partial charge in [0.05, 0.1) is 19.8 Å². The summed E-state index contributed by atoms with van der Waals surface area (Å²) in [4.78, 5) is 34.9. The van der Waals surface area contributed by atoms with Crippen molar-refractivity contribution in [2.45, 2.75) is 199 Å². The van der Waals surface area contributed by atoms with E-state index in [0.717, 1.165) is 64.2 Å². The highest BCUT2D eigenvalue weighted by Crippen LogP contribution is 2.43. The first-order valence-electron chi connectivity index (χ1n) is 20.8. The lowest BCUT2D eigenvalue weighted by Crippen LogP contribution is -2.29. The zero-order valence-corrected chi connectivity index (χ0v) is 33.9. The van der Waals surface area contributed by atoms with Crippen LogP contribution in [0.4, 0.5) is 0 Å².